The van der Waals surface area contributed by atoms with Gasteiger partial charge in [0.15, 0.2) is 0 Å². The Morgan fingerprint density at radius 2 is 1.91 bits per heavy atom. The molecule has 68 valence electrons. The fourth-order valence-electron chi connectivity index (χ4n) is 1.71. The molecule has 0 amide bonds. The van der Waals surface area contributed by atoms with Crippen LogP contribution in [0, 0.1) is 5.41 Å². The number of halogens is 1. The highest BCUT2D eigenvalue weighted by Crippen LogP contribution is 2.40. The Bertz CT molecular complexity index is 107. The van der Waals surface area contributed by atoms with Crippen LogP contribution in [-0.2, 0) is 0 Å². The summed E-state index contributed by atoms with van der Waals surface area (Å²) >= 11 is 0. The van der Waals surface area contributed by atoms with Crippen LogP contribution in [0.4, 0.5) is 4.70 Å². The summed E-state index contributed by atoms with van der Waals surface area (Å²) in [5.41, 5.74) is 0.267. The van der Waals surface area contributed by atoms with E-state index < -0.39 is 0 Å². The molecule has 3 heteroatoms. The van der Waals surface area contributed by atoms with E-state index >= 15 is 0 Å². The first-order chi connectivity index (χ1) is 4.68. The second kappa shape index (κ2) is 4.02. The van der Waals surface area contributed by atoms with Gasteiger partial charge in [-0.1, -0.05) is 6.42 Å². The van der Waals surface area contributed by atoms with E-state index in [1.807, 2.05) is 0 Å². The second-order valence-corrected chi connectivity index (χ2v) is 3.75. The molecule has 1 fully saturated rings. The molecule has 1 rings (SSSR count). The molecule has 0 bridgehead atoms. The van der Waals surface area contributed by atoms with Gasteiger partial charge in [0.1, 0.15) is 0 Å². The van der Waals surface area contributed by atoms with Crippen molar-refractivity contribution in [2.24, 2.45) is 5.41 Å². The topological polar surface area (TPSA) is 23.5 Å². The number of nitrogens with zero attached hydrogens (tertiary/aromatic N) is 1. The van der Waals surface area contributed by atoms with Crippen LogP contribution in [0.25, 0.3) is 0 Å². The summed E-state index contributed by atoms with van der Waals surface area (Å²) in [6, 6.07) is 0. The van der Waals surface area contributed by atoms with Crippen LogP contribution in [0.2, 0.25) is 0 Å². The molecular weight excluding hydrogens is 145 g/mol. The van der Waals surface area contributed by atoms with Crippen LogP contribution in [0.15, 0.2) is 0 Å². The minimum atomic E-state index is 0. The lowest BCUT2D eigenvalue weighted by atomic mass is 9.69. The molecule has 0 spiro atoms. The van der Waals surface area contributed by atoms with E-state index in [-0.39, 0.29) is 10.1 Å². The number of hydrogen-bond acceptors (Lipinski definition) is 2. The molecule has 0 aromatic rings. The molecule has 0 aromatic heterocycles. The Balaban J connectivity index is 0.000001000. The standard InChI is InChI=1S/C8H17NO.FH/c1-9(2)6-8(7-10)4-3-5-8;/h10H,3-7H2,1-2H3;1H. The van der Waals surface area contributed by atoms with E-state index in [2.05, 4.69) is 19.0 Å². The second-order valence-electron chi connectivity index (χ2n) is 3.75. The van der Waals surface area contributed by atoms with Gasteiger partial charge in [-0.3, -0.25) is 4.70 Å². The number of rotatable bonds is 3. The third-order valence-electron chi connectivity index (χ3n) is 2.40. The van der Waals surface area contributed by atoms with Gasteiger partial charge in [-0.2, -0.15) is 0 Å². The van der Waals surface area contributed by atoms with E-state index in [1.165, 1.54) is 19.3 Å². The van der Waals surface area contributed by atoms with Crippen molar-refractivity contribution in [3.63, 3.8) is 0 Å². The summed E-state index contributed by atoms with van der Waals surface area (Å²) < 4.78 is 0. The van der Waals surface area contributed by atoms with Crippen molar-refractivity contribution in [3.05, 3.63) is 0 Å². The first-order valence-corrected chi connectivity index (χ1v) is 3.94. The fraction of sp³-hybridized carbons (Fsp3) is 1.00. The monoisotopic (exact) mass is 163 g/mol. The van der Waals surface area contributed by atoms with Gasteiger partial charge in [0.05, 0.1) is 0 Å². The van der Waals surface area contributed by atoms with Crippen molar-refractivity contribution < 1.29 is 9.81 Å². The normalized spacial score (nSPS) is 20.7. The first-order valence-electron chi connectivity index (χ1n) is 3.94. The van der Waals surface area contributed by atoms with Gasteiger partial charge in [-0.15, -0.1) is 0 Å². The Morgan fingerprint density at radius 3 is 2.00 bits per heavy atom. The summed E-state index contributed by atoms with van der Waals surface area (Å²) in [5, 5.41) is 9.06. The highest BCUT2D eigenvalue weighted by atomic mass is 19.0. The number of aliphatic hydroxyl groups is 1. The maximum absolute atomic E-state index is 9.06. The van der Waals surface area contributed by atoms with Crippen molar-refractivity contribution in [1.82, 2.24) is 4.90 Å². The smallest absolute Gasteiger partial charge is 0.0499 e. The molecule has 1 aliphatic carbocycles. The van der Waals surface area contributed by atoms with Crippen molar-refractivity contribution in [2.75, 3.05) is 27.2 Å². The van der Waals surface area contributed by atoms with Crippen LogP contribution in [-0.4, -0.2) is 37.3 Å². The molecule has 11 heavy (non-hydrogen) atoms. The predicted octanol–water partition coefficient (Wildman–Crippen LogP) is 0.863. The minimum Gasteiger partial charge on any atom is -0.396 e. The van der Waals surface area contributed by atoms with Crippen molar-refractivity contribution in [2.45, 2.75) is 19.3 Å². The van der Waals surface area contributed by atoms with Gasteiger partial charge in [0.2, 0.25) is 0 Å². The molecule has 0 aliphatic heterocycles. The molecule has 0 atom stereocenters. The van der Waals surface area contributed by atoms with Gasteiger partial charge in [-0.25, -0.2) is 0 Å². The minimum absolute atomic E-state index is 0. The van der Waals surface area contributed by atoms with E-state index in [9.17, 15) is 0 Å². The molecule has 0 unspecified atom stereocenters. The van der Waals surface area contributed by atoms with Gasteiger partial charge < -0.3 is 10.0 Å². The van der Waals surface area contributed by atoms with Gasteiger partial charge in [-0.05, 0) is 26.9 Å². The van der Waals surface area contributed by atoms with E-state index in [0.29, 0.717) is 6.61 Å². The van der Waals surface area contributed by atoms with E-state index in [4.69, 9.17) is 5.11 Å². The van der Waals surface area contributed by atoms with E-state index in [0.717, 1.165) is 6.54 Å². The number of hydrogen-bond donors (Lipinski definition) is 1. The van der Waals surface area contributed by atoms with Crippen LogP contribution in [0.1, 0.15) is 19.3 Å². The average Bonchev–Trinajstić information content (AvgIpc) is 1.78. The third kappa shape index (κ3) is 2.42. The van der Waals surface area contributed by atoms with Crippen molar-refractivity contribution in [1.29, 1.82) is 0 Å². The average molecular weight is 163 g/mol. The molecule has 0 saturated heterocycles. The Labute approximate surface area is 67.6 Å². The zero-order valence-electron chi connectivity index (χ0n) is 7.34. The molecule has 1 aliphatic rings. The van der Waals surface area contributed by atoms with Gasteiger partial charge in [0, 0.05) is 18.6 Å². The van der Waals surface area contributed by atoms with Gasteiger partial charge >= 0.3 is 0 Å². The summed E-state index contributed by atoms with van der Waals surface area (Å²) in [4.78, 5) is 2.16. The molecule has 0 heterocycles. The van der Waals surface area contributed by atoms with Crippen LogP contribution in [0.5, 0.6) is 0 Å². The van der Waals surface area contributed by atoms with Crippen LogP contribution in [0.3, 0.4) is 0 Å². The molecule has 1 N–H and O–H groups in total. The molecule has 1 saturated carbocycles. The SMILES string of the molecule is CN(C)CC1(CO)CCC1.F. The predicted molar refractivity (Wildman–Crippen MR) is 44.4 cm³/mol. The summed E-state index contributed by atoms with van der Waals surface area (Å²) in [7, 11) is 4.13. The van der Waals surface area contributed by atoms with E-state index in [1.54, 1.807) is 0 Å². The lowest BCUT2D eigenvalue weighted by molar-refractivity contribution is 0.0205. The maximum atomic E-state index is 9.06. The lowest BCUT2D eigenvalue weighted by Gasteiger charge is -2.42. The Kier molecular flexibility index (Phi) is 3.97. The fourth-order valence-corrected chi connectivity index (χ4v) is 1.71. The van der Waals surface area contributed by atoms with Crippen molar-refractivity contribution in [3.8, 4) is 0 Å². The molecule has 0 aromatic carbocycles. The molecule has 0 radical (unpaired) electrons. The maximum Gasteiger partial charge on any atom is 0.0499 e. The Hall–Kier alpha value is -0.150. The van der Waals surface area contributed by atoms with Crippen LogP contribution >= 0.6 is 0 Å². The van der Waals surface area contributed by atoms with Gasteiger partial charge in [0.25, 0.3) is 0 Å². The Morgan fingerprint density at radius 1 is 1.36 bits per heavy atom. The zero-order valence-corrected chi connectivity index (χ0v) is 7.34. The van der Waals surface area contributed by atoms with Crippen molar-refractivity contribution >= 4 is 0 Å². The summed E-state index contributed by atoms with van der Waals surface area (Å²) in [5.74, 6) is 0. The quantitative estimate of drug-likeness (QED) is 0.667. The first kappa shape index (κ1) is 10.8. The summed E-state index contributed by atoms with van der Waals surface area (Å²) in [6.07, 6.45) is 3.72. The van der Waals surface area contributed by atoms with Crippen LogP contribution < -0.4 is 0 Å². The molecular formula is C8H18FNO. The lowest BCUT2D eigenvalue weighted by Crippen LogP contribution is -2.42. The largest absolute Gasteiger partial charge is 0.396 e. The summed E-state index contributed by atoms with van der Waals surface area (Å²) in [6.45, 7) is 1.41. The highest BCUT2D eigenvalue weighted by molar-refractivity contribution is 4.88. The highest BCUT2D eigenvalue weighted by Gasteiger charge is 2.36. The molecule has 2 nitrogen and oxygen atoms in total. The number of aliphatic hydroxyl groups excluding tert-OH is 1. The zero-order chi connectivity index (χ0) is 7.61. The third-order valence-corrected chi connectivity index (χ3v) is 2.40.